The number of nitrogens with one attached hydrogen (secondary N) is 1. The summed E-state index contributed by atoms with van der Waals surface area (Å²) in [4.78, 5) is 37.7. The topological polar surface area (TPSA) is 75.7 Å². The molecule has 0 aliphatic carbocycles. The maximum absolute atomic E-state index is 12.7. The van der Waals surface area contributed by atoms with Crippen LogP contribution in [0, 0.1) is 0 Å². The number of hydrogen-bond donors (Lipinski definition) is 1. The molecule has 7 heteroatoms. The Morgan fingerprint density at radius 2 is 1.82 bits per heavy atom. The highest BCUT2D eigenvalue weighted by Gasteiger charge is 2.36. The molecule has 0 unspecified atom stereocenters. The first-order chi connectivity index (χ1) is 13.5. The molecule has 1 aliphatic rings. The Hall–Kier alpha value is -2.93. The van der Waals surface area contributed by atoms with Crippen LogP contribution in [0.2, 0.25) is 0 Å². The third kappa shape index (κ3) is 4.48. The van der Waals surface area contributed by atoms with Gasteiger partial charge in [-0.15, -0.1) is 0 Å². The van der Waals surface area contributed by atoms with E-state index in [4.69, 9.17) is 4.74 Å². The number of hydrogen-bond acceptors (Lipinski definition) is 4. The van der Waals surface area contributed by atoms with Crippen molar-refractivity contribution >= 4 is 39.3 Å². The lowest BCUT2D eigenvalue weighted by atomic mass is 9.94. The van der Waals surface area contributed by atoms with Crippen molar-refractivity contribution in [2.45, 2.75) is 19.4 Å². The minimum Gasteiger partial charge on any atom is -0.464 e. The zero-order valence-electron chi connectivity index (χ0n) is 15.2. The number of carbonyl (C=O) groups is 3. The van der Waals surface area contributed by atoms with E-state index in [-0.39, 0.29) is 13.0 Å². The normalized spacial score (nSPS) is 16.4. The lowest BCUT2D eigenvalue weighted by molar-refractivity contribution is -0.155. The van der Waals surface area contributed by atoms with Gasteiger partial charge in [0.05, 0.1) is 6.61 Å². The Morgan fingerprint density at radius 3 is 2.46 bits per heavy atom. The maximum atomic E-state index is 12.7. The Kier molecular flexibility index (Phi) is 6.26. The molecule has 2 amide bonds. The molecule has 0 saturated carbocycles. The van der Waals surface area contributed by atoms with Crippen LogP contribution in [0.1, 0.15) is 29.3 Å². The third-order valence-corrected chi connectivity index (χ3v) is 4.82. The van der Waals surface area contributed by atoms with E-state index in [1.165, 1.54) is 6.08 Å². The summed E-state index contributed by atoms with van der Waals surface area (Å²) in [6.07, 6.45) is 1.67. The molecule has 0 radical (unpaired) electrons. The number of ether oxygens (including phenoxy) is 1. The Balaban J connectivity index is 1.88. The number of rotatable bonds is 5. The monoisotopic (exact) mass is 442 g/mol. The molecule has 1 atom stereocenters. The quantitative estimate of drug-likeness (QED) is 0.720. The molecule has 3 rings (SSSR count). The first-order valence-electron chi connectivity index (χ1n) is 8.82. The van der Waals surface area contributed by atoms with Gasteiger partial charge in [-0.05, 0) is 42.3 Å². The molecule has 144 valence electrons. The lowest BCUT2D eigenvalue weighted by Crippen LogP contribution is -2.56. The van der Waals surface area contributed by atoms with Crippen molar-refractivity contribution in [3.05, 3.63) is 76.3 Å². The van der Waals surface area contributed by atoms with Crippen LogP contribution in [-0.4, -0.2) is 35.4 Å². The fraction of sp³-hybridized carbons (Fsp3) is 0.190. The Bertz CT molecular complexity index is 910. The molecule has 0 aromatic heterocycles. The zero-order valence-corrected chi connectivity index (χ0v) is 16.8. The first-order valence-corrected chi connectivity index (χ1v) is 9.61. The highest BCUT2D eigenvalue weighted by atomic mass is 79.9. The summed E-state index contributed by atoms with van der Waals surface area (Å²) in [6, 6.07) is 15.0. The summed E-state index contributed by atoms with van der Waals surface area (Å²) in [5.41, 5.74) is 4.48. The number of esters is 1. The predicted molar refractivity (Wildman–Crippen MR) is 108 cm³/mol. The van der Waals surface area contributed by atoms with Crippen LogP contribution in [0.15, 0.2) is 65.1 Å². The Morgan fingerprint density at radius 1 is 1.14 bits per heavy atom. The van der Waals surface area contributed by atoms with Gasteiger partial charge in [-0.25, -0.2) is 9.80 Å². The van der Waals surface area contributed by atoms with Crippen molar-refractivity contribution in [3.8, 4) is 0 Å². The van der Waals surface area contributed by atoms with Crippen LogP contribution in [-0.2, 0) is 14.3 Å². The van der Waals surface area contributed by atoms with Crippen molar-refractivity contribution in [2.75, 3.05) is 6.61 Å². The van der Waals surface area contributed by atoms with Gasteiger partial charge in [0.2, 0.25) is 0 Å². The van der Waals surface area contributed by atoms with Crippen LogP contribution < -0.4 is 5.43 Å². The third-order valence-electron chi connectivity index (χ3n) is 4.29. The van der Waals surface area contributed by atoms with Crippen molar-refractivity contribution in [3.63, 3.8) is 0 Å². The van der Waals surface area contributed by atoms with Crippen LogP contribution >= 0.6 is 15.9 Å². The molecule has 28 heavy (non-hydrogen) atoms. The van der Waals surface area contributed by atoms with Crippen molar-refractivity contribution in [1.29, 1.82) is 0 Å². The van der Waals surface area contributed by atoms with E-state index in [9.17, 15) is 14.4 Å². The van der Waals surface area contributed by atoms with Crippen LogP contribution in [0.25, 0.3) is 5.57 Å². The van der Waals surface area contributed by atoms with Crippen molar-refractivity contribution in [1.82, 2.24) is 10.4 Å². The molecule has 1 aliphatic heterocycles. The number of carbonyl (C=O) groups excluding carboxylic acids is 3. The molecule has 0 fully saturated rings. The number of benzene rings is 2. The molecule has 1 heterocycles. The molecule has 6 nitrogen and oxygen atoms in total. The summed E-state index contributed by atoms with van der Waals surface area (Å²) < 4.78 is 6.05. The van der Waals surface area contributed by atoms with E-state index in [0.29, 0.717) is 11.1 Å². The van der Waals surface area contributed by atoms with Crippen molar-refractivity contribution < 1.29 is 19.1 Å². The SMILES string of the molecule is CCOC(=O)[C@H]1CC(c2ccc(Br)cc2)=CC(=O)N1NC(=O)c1ccccc1. The molecular weight excluding hydrogens is 424 g/mol. The molecule has 2 aromatic carbocycles. The average Bonchev–Trinajstić information content (AvgIpc) is 2.70. The zero-order chi connectivity index (χ0) is 20.1. The van der Waals surface area contributed by atoms with Gasteiger partial charge in [-0.2, -0.15) is 0 Å². The highest BCUT2D eigenvalue weighted by Crippen LogP contribution is 2.28. The summed E-state index contributed by atoms with van der Waals surface area (Å²) in [6.45, 7) is 1.88. The van der Waals surface area contributed by atoms with Crippen LogP contribution in [0.3, 0.4) is 0 Å². The van der Waals surface area contributed by atoms with E-state index >= 15 is 0 Å². The average molecular weight is 443 g/mol. The Labute approximate surface area is 171 Å². The van der Waals surface area contributed by atoms with Gasteiger partial charge in [0.25, 0.3) is 11.8 Å². The predicted octanol–water partition coefficient (Wildman–Crippen LogP) is 3.34. The second-order valence-electron chi connectivity index (χ2n) is 6.16. The van der Waals surface area contributed by atoms with E-state index in [2.05, 4.69) is 21.4 Å². The summed E-state index contributed by atoms with van der Waals surface area (Å²) in [7, 11) is 0. The van der Waals surface area contributed by atoms with Gasteiger partial charge in [-0.3, -0.25) is 15.0 Å². The van der Waals surface area contributed by atoms with Gasteiger partial charge in [-0.1, -0.05) is 46.3 Å². The summed E-state index contributed by atoms with van der Waals surface area (Å²) in [5.74, 6) is -1.51. The fourth-order valence-electron chi connectivity index (χ4n) is 2.92. The summed E-state index contributed by atoms with van der Waals surface area (Å²) in [5, 5.41) is 1.05. The number of amides is 2. The van der Waals surface area contributed by atoms with Gasteiger partial charge >= 0.3 is 5.97 Å². The van der Waals surface area contributed by atoms with Crippen LogP contribution in [0.4, 0.5) is 0 Å². The standard InChI is InChI=1S/C21H19BrN2O4/c1-2-28-21(27)18-12-16(14-8-10-17(22)11-9-14)13-19(25)24(18)23-20(26)15-6-4-3-5-7-15/h3-11,13,18H,2,12H2,1H3,(H,23,26)/t18-/m1/s1. The lowest BCUT2D eigenvalue weighted by Gasteiger charge is -2.33. The molecule has 1 N–H and O–H groups in total. The number of nitrogens with zero attached hydrogens (tertiary/aromatic N) is 1. The summed E-state index contributed by atoms with van der Waals surface area (Å²) >= 11 is 3.38. The van der Waals surface area contributed by atoms with Gasteiger partial charge in [0.15, 0.2) is 6.04 Å². The van der Waals surface area contributed by atoms with Gasteiger partial charge in [0, 0.05) is 22.5 Å². The second kappa shape index (κ2) is 8.84. The van der Waals surface area contributed by atoms with Gasteiger partial charge < -0.3 is 4.74 Å². The smallest absolute Gasteiger partial charge is 0.331 e. The molecule has 2 aromatic rings. The molecular formula is C21H19BrN2O4. The largest absolute Gasteiger partial charge is 0.464 e. The molecule has 0 saturated heterocycles. The van der Waals surface area contributed by atoms with Crippen LogP contribution in [0.5, 0.6) is 0 Å². The van der Waals surface area contributed by atoms with E-state index in [1.54, 1.807) is 37.3 Å². The maximum Gasteiger partial charge on any atom is 0.331 e. The van der Waals surface area contributed by atoms with E-state index in [0.717, 1.165) is 15.0 Å². The first kappa shape index (κ1) is 19.8. The minimum absolute atomic E-state index is 0.182. The van der Waals surface area contributed by atoms with Crippen molar-refractivity contribution in [2.24, 2.45) is 0 Å². The minimum atomic E-state index is -0.941. The fourth-order valence-corrected chi connectivity index (χ4v) is 3.18. The number of hydrazine groups is 1. The molecule has 0 spiro atoms. The van der Waals surface area contributed by atoms with E-state index < -0.39 is 23.8 Å². The number of halogens is 1. The second-order valence-corrected chi connectivity index (χ2v) is 7.08. The van der Waals surface area contributed by atoms with Gasteiger partial charge in [0.1, 0.15) is 0 Å². The molecule has 0 bridgehead atoms. The van der Waals surface area contributed by atoms with E-state index in [1.807, 2.05) is 24.3 Å². The highest BCUT2D eigenvalue weighted by molar-refractivity contribution is 9.10.